The van der Waals surface area contributed by atoms with Crippen molar-refractivity contribution in [1.29, 1.82) is 0 Å². The third-order valence-corrected chi connectivity index (χ3v) is 2.00. The second-order valence-corrected chi connectivity index (χ2v) is 3.28. The van der Waals surface area contributed by atoms with Gasteiger partial charge in [0.1, 0.15) is 0 Å². The SMILES string of the molecule is CCOCCCc1nc(C(=O)O)c(OCC)o1. The summed E-state index contributed by atoms with van der Waals surface area (Å²) in [7, 11) is 0. The Bertz CT molecular complexity index is 361. The van der Waals surface area contributed by atoms with Crippen LogP contribution in [0.1, 0.15) is 36.6 Å². The third-order valence-electron chi connectivity index (χ3n) is 2.00. The van der Waals surface area contributed by atoms with E-state index in [9.17, 15) is 4.79 Å². The van der Waals surface area contributed by atoms with Gasteiger partial charge in [0.15, 0.2) is 5.89 Å². The first-order valence-electron chi connectivity index (χ1n) is 5.62. The van der Waals surface area contributed by atoms with Gasteiger partial charge in [-0.25, -0.2) is 9.78 Å². The van der Waals surface area contributed by atoms with Crippen molar-refractivity contribution >= 4 is 5.97 Å². The fourth-order valence-electron chi connectivity index (χ4n) is 1.29. The van der Waals surface area contributed by atoms with Crippen molar-refractivity contribution in [2.24, 2.45) is 0 Å². The lowest BCUT2D eigenvalue weighted by Gasteiger charge is -1.98. The number of aromatic carboxylic acids is 1. The molecule has 0 atom stereocenters. The van der Waals surface area contributed by atoms with Crippen LogP contribution in [0.15, 0.2) is 4.42 Å². The number of hydrogen-bond acceptors (Lipinski definition) is 5. The summed E-state index contributed by atoms with van der Waals surface area (Å²) in [5, 5.41) is 8.89. The Morgan fingerprint density at radius 3 is 2.76 bits per heavy atom. The predicted octanol–water partition coefficient (Wildman–Crippen LogP) is 1.74. The van der Waals surface area contributed by atoms with Gasteiger partial charge >= 0.3 is 11.9 Å². The van der Waals surface area contributed by atoms with E-state index in [0.29, 0.717) is 32.1 Å². The summed E-state index contributed by atoms with van der Waals surface area (Å²) in [6.45, 7) is 5.28. The van der Waals surface area contributed by atoms with E-state index in [0.717, 1.165) is 6.42 Å². The average Bonchev–Trinajstić information content (AvgIpc) is 2.68. The normalized spacial score (nSPS) is 10.5. The van der Waals surface area contributed by atoms with E-state index in [2.05, 4.69) is 4.98 Å². The maximum atomic E-state index is 10.9. The summed E-state index contributed by atoms with van der Waals surface area (Å²) < 4.78 is 15.5. The first kappa shape index (κ1) is 13.5. The Hall–Kier alpha value is -1.56. The number of oxazole rings is 1. The van der Waals surface area contributed by atoms with Gasteiger partial charge in [-0.3, -0.25) is 0 Å². The number of hydrogen-bond donors (Lipinski definition) is 1. The third kappa shape index (κ3) is 4.07. The lowest BCUT2D eigenvalue weighted by molar-refractivity contribution is 0.0683. The summed E-state index contributed by atoms with van der Waals surface area (Å²) in [5.41, 5.74) is -0.168. The molecule has 0 aliphatic rings. The minimum atomic E-state index is -1.15. The Morgan fingerprint density at radius 1 is 1.41 bits per heavy atom. The molecule has 0 aliphatic heterocycles. The molecule has 0 unspecified atom stereocenters. The molecular formula is C11H17NO5. The predicted molar refractivity (Wildman–Crippen MR) is 59.4 cm³/mol. The van der Waals surface area contributed by atoms with Gasteiger partial charge in [0.25, 0.3) is 0 Å². The smallest absolute Gasteiger partial charge is 0.362 e. The highest BCUT2D eigenvalue weighted by Crippen LogP contribution is 2.21. The van der Waals surface area contributed by atoms with Gasteiger partial charge in [0.05, 0.1) is 6.61 Å². The summed E-state index contributed by atoms with van der Waals surface area (Å²) in [6.07, 6.45) is 1.27. The largest absolute Gasteiger partial charge is 0.476 e. The van der Waals surface area contributed by atoms with Crippen molar-refractivity contribution in [3.63, 3.8) is 0 Å². The number of carbonyl (C=O) groups is 1. The van der Waals surface area contributed by atoms with E-state index < -0.39 is 5.97 Å². The Balaban J connectivity index is 2.61. The van der Waals surface area contributed by atoms with E-state index >= 15 is 0 Å². The van der Waals surface area contributed by atoms with E-state index in [-0.39, 0.29) is 11.6 Å². The molecule has 6 nitrogen and oxygen atoms in total. The minimum Gasteiger partial charge on any atom is -0.476 e. The van der Waals surface area contributed by atoms with Crippen molar-refractivity contribution in [1.82, 2.24) is 4.98 Å². The molecule has 1 aromatic heterocycles. The number of carboxylic acid groups (broad SMARTS) is 1. The van der Waals surface area contributed by atoms with Gasteiger partial charge in [0, 0.05) is 19.6 Å². The minimum absolute atomic E-state index is 0.0218. The number of rotatable bonds is 8. The zero-order valence-corrected chi connectivity index (χ0v) is 10.1. The molecule has 0 radical (unpaired) electrons. The van der Waals surface area contributed by atoms with Gasteiger partial charge in [-0.1, -0.05) is 0 Å². The summed E-state index contributed by atoms with van der Waals surface area (Å²) in [5.74, 6) is -0.801. The van der Waals surface area contributed by atoms with E-state index in [1.807, 2.05) is 6.92 Å². The van der Waals surface area contributed by atoms with Crippen LogP contribution in [-0.2, 0) is 11.2 Å². The van der Waals surface area contributed by atoms with Crippen LogP contribution in [0.4, 0.5) is 0 Å². The highest BCUT2D eigenvalue weighted by molar-refractivity contribution is 5.87. The molecule has 0 aliphatic carbocycles. The number of ether oxygens (including phenoxy) is 2. The Morgan fingerprint density at radius 2 is 2.18 bits per heavy atom. The van der Waals surface area contributed by atoms with Crippen LogP contribution in [0.3, 0.4) is 0 Å². The van der Waals surface area contributed by atoms with Crippen LogP contribution >= 0.6 is 0 Å². The molecule has 1 aromatic rings. The van der Waals surface area contributed by atoms with Crippen LogP contribution in [0.2, 0.25) is 0 Å². The molecule has 0 saturated carbocycles. The van der Waals surface area contributed by atoms with Gasteiger partial charge < -0.3 is 19.0 Å². The summed E-state index contributed by atoms with van der Waals surface area (Å²) in [6, 6.07) is 0. The molecule has 1 rings (SSSR count). The highest BCUT2D eigenvalue weighted by atomic mass is 16.6. The molecule has 0 saturated heterocycles. The second-order valence-electron chi connectivity index (χ2n) is 3.28. The van der Waals surface area contributed by atoms with Crippen LogP contribution in [0.25, 0.3) is 0 Å². The van der Waals surface area contributed by atoms with Crippen molar-refractivity contribution in [3.05, 3.63) is 11.6 Å². The quantitative estimate of drug-likeness (QED) is 0.700. The number of nitrogens with zero attached hydrogens (tertiary/aromatic N) is 1. The average molecular weight is 243 g/mol. The zero-order valence-electron chi connectivity index (χ0n) is 10.1. The molecule has 1 heterocycles. The van der Waals surface area contributed by atoms with Gasteiger partial charge in [0.2, 0.25) is 5.69 Å². The molecule has 0 amide bonds. The van der Waals surface area contributed by atoms with Gasteiger partial charge in [-0.15, -0.1) is 0 Å². The van der Waals surface area contributed by atoms with Crippen molar-refractivity contribution in [2.45, 2.75) is 26.7 Å². The molecule has 0 bridgehead atoms. The summed E-state index contributed by atoms with van der Waals surface area (Å²) >= 11 is 0. The Labute approximate surface area is 99.5 Å². The molecule has 0 fully saturated rings. The topological polar surface area (TPSA) is 81.8 Å². The van der Waals surface area contributed by atoms with Crippen LogP contribution in [-0.4, -0.2) is 35.9 Å². The molecule has 0 spiro atoms. The summed E-state index contributed by atoms with van der Waals surface area (Å²) in [4.78, 5) is 14.7. The molecule has 6 heteroatoms. The van der Waals surface area contributed by atoms with Crippen LogP contribution in [0.5, 0.6) is 5.95 Å². The molecule has 0 aromatic carbocycles. The van der Waals surface area contributed by atoms with E-state index in [4.69, 9.17) is 19.0 Å². The fraction of sp³-hybridized carbons (Fsp3) is 0.636. The van der Waals surface area contributed by atoms with E-state index in [1.54, 1.807) is 6.92 Å². The van der Waals surface area contributed by atoms with Crippen LogP contribution in [0, 0.1) is 0 Å². The van der Waals surface area contributed by atoms with Gasteiger partial charge in [-0.2, -0.15) is 0 Å². The first-order chi connectivity index (χ1) is 8.19. The molecule has 17 heavy (non-hydrogen) atoms. The van der Waals surface area contributed by atoms with Crippen molar-refractivity contribution in [3.8, 4) is 5.95 Å². The van der Waals surface area contributed by atoms with Crippen LogP contribution < -0.4 is 4.74 Å². The highest BCUT2D eigenvalue weighted by Gasteiger charge is 2.20. The standard InChI is InChI=1S/C11H17NO5/c1-3-15-7-5-6-8-12-9(10(13)14)11(17-8)16-4-2/h3-7H2,1-2H3,(H,13,14). The fourth-order valence-corrected chi connectivity index (χ4v) is 1.29. The number of aromatic nitrogens is 1. The number of carboxylic acids is 1. The zero-order chi connectivity index (χ0) is 12.7. The number of aryl methyl sites for hydroxylation is 1. The lowest BCUT2D eigenvalue weighted by atomic mass is 10.3. The molecule has 96 valence electrons. The van der Waals surface area contributed by atoms with Crippen molar-refractivity contribution in [2.75, 3.05) is 19.8 Å². The maximum absolute atomic E-state index is 10.9. The van der Waals surface area contributed by atoms with E-state index in [1.165, 1.54) is 0 Å². The van der Waals surface area contributed by atoms with Crippen molar-refractivity contribution < 1.29 is 23.8 Å². The first-order valence-corrected chi connectivity index (χ1v) is 5.62. The molecular weight excluding hydrogens is 226 g/mol. The maximum Gasteiger partial charge on any atom is 0.362 e. The Kier molecular flexibility index (Phi) is 5.48. The lowest BCUT2D eigenvalue weighted by Crippen LogP contribution is -2.01. The second kappa shape index (κ2) is 6.90. The monoisotopic (exact) mass is 243 g/mol. The van der Waals surface area contributed by atoms with Gasteiger partial charge in [-0.05, 0) is 20.3 Å². The molecule has 1 N–H and O–H groups in total.